The molecule has 0 spiro atoms. The highest BCUT2D eigenvalue weighted by Gasteiger charge is 2.52. The molecule has 2 heterocycles. The van der Waals surface area contributed by atoms with Crippen molar-refractivity contribution in [2.45, 2.75) is 73.5 Å². The summed E-state index contributed by atoms with van der Waals surface area (Å²) in [5.74, 6) is -0.736. The van der Waals surface area contributed by atoms with Gasteiger partial charge in [0.05, 0.1) is 4.90 Å². The van der Waals surface area contributed by atoms with Gasteiger partial charge in [0.2, 0.25) is 0 Å². The van der Waals surface area contributed by atoms with Crippen LogP contribution >= 0.6 is 0 Å². The maximum absolute atomic E-state index is 13.8. The molecule has 0 aliphatic carbocycles. The molecule has 0 aromatic heterocycles. The minimum absolute atomic E-state index is 0.00635. The van der Waals surface area contributed by atoms with E-state index in [-0.39, 0.29) is 37.4 Å². The topological polar surface area (TPSA) is 90.9 Å². The molecule has 208 valence electrons. The van der Waals surface area contributed by atoms with Crippen molar-refractivity contribution >= 4 is 15.7 Å². The first kappa shape index (κ1) is 28.5. The number of rotatable bonds is 9. The average molecular weight is 556 g/mol. The van der Waals surface area contributed by atoms with Crippen LogP contribution in [0.4, 0.5) is 13.2 Å². The predicted molar refractivity (Wildman–Crippen MR) is 134 cm³/mol. The lowest BCUT2D eigenvalue weighted by molar-refractivity contribution is -0.202. The summed E-state index contributed by atoms with van der Waals surface area (Å²) in [5.41, 5.74) is 4.68. The van der Waals surface area contributed by atoms with Gasteiger partial charge in [-0.25, -0.2) is 18.7 Å². The lowest BCUT2D eigenvalue weighted by Crippen LogP contribution is -2.56. The average Bonchev–Trinajstić information content (AvgIpc) is 2.92. The zero-order valence-corrected chi connectivity index (χ0v) is 21.8. The number of carbonyl (C=O) groups excluding carboxylic acids is 1. The number of hydrogen-bond acceptors (Lipinski definition) is 6. The molecule has 2 saturated heterocycles. The zero-order chi connectivity index (χ0) is 27.2. The Morgan fingerprint density at radius 3 is 2.18 bits per heavy atom. The molecule has 7 nitrogen and oxygen atoms in total. The smallest absolute Gasteiger partial charge is 0.381 e. The Labute approximate surface area is 220 Å². The van der Waals surface area contributed by atoms with Crippen molar-refractivity contribution in [3.63, 3.8) is 0 Å². The molecular formula is C27H32F3NO6S. The van der Waals surface area contributed by atoms with E-state index in [1.165, 1.54) is 12.1 Å². The van der Waals surface area contributed by atoms with E-state index < -0.39 is 39.4 Å². The number of hydroxylamine groups is 1. The number of ether oxygens (including phenoxy) is 2. The SMILES string of the molecule is O=C(NOC1CCCCO1)C1(S(=O)(=O)c2ccc(-c3ccc(CCCC(F)(F)F)cc3)cc2)CCOCC1. The number of nitrogens with one attached hydrogen (secondary N) is 1. The predicted octanol–water partition coefficient (Wildman–Crippen LogP) is 5.14. The van der Waals surface area contributed by atoms with Crippen molar-refractivity contribution in [1.82, 2.24) is 5.48 Å². The molecule has 2 aliphatic heterocycles. The molecule has 0 saturated carbocycles. The summed E-state index contributed by atoms with van der Waals surface area (Å²) < 4.78 is 73.8. The Bertz CT molecular complexity index is 1170. The number of sulfone groups is 1. The van der Waals surface area contributed by atoms with Crippen LogP contribution < -0.4 is 5.48 Å². The van der Waals surface area contributed by atoms with Crippen LogP contribution in [0.2, 0.25) is 0 Å². The fourth-order valence-corrected chi connectivity index (χ4v) is 6.68. The van der Waals surface area contributed by atoms with Crippen LogP contribution in [0.5, 0.6) is 0 Å². The molecule has 1 N–H and O–H groups in total. The first-order valence-corrected chi connectivity index (χ1v) is 14.3. The molecule has 4 rings (SSSR count). The minimum atomic E-state index is -4.16. The maximum Gasteiger partial charge on any atom is 0.389 e. The van der Waals surface area contributed by atoms with Crippen LogP contribution in [0.1, 0.15) is 50.5 Å². The second kappa shape index (κ2) is 12.1. The second-order valence-corrected chi connectivity index (χ2v) is 11.9. The van der Waals surface area contributed by atoms with Gasteiger partial charge in [0.1, 0.15) is 0 Å². The van der Waals surface area contributed by atoms with Crippen LogP contribution in [-0.2, 0) is 35.4 Å². The molecule has 2 aromatic carbocycles. The molecule has 0 radical (unpaired) electrons. The highest BCUT2D eigenvalue weighted by molar-refractivity contribution is 7.93. The van der Waals surface area contributed by atoms with Gasteiger partial charge in [-0.3, -0.25) is 4.79 Å². The number of carbonyl (C=O) groups is 1. The van der Waals surface area contributed by atoms with Gasteiger partial charge in [0.25, 0.3) is 5.91 Å². The van der Waals surface area contributed by atoms with E-state index in [9.17, 15) is 26.4 Å². The van der Waals surface area contributed by atoms with Gasteiger partial charge in [-0.05, 0) is 67.3 Å². The molecule has 0 bridgehead atoms. The van der Waals surface area contributed by atoms with E-state index in [0.717, 1.165) is 29.5 Å². The van der Waals surface area contributed by atoms with Gasteiger partial charge in [-0.15, -0.1) is 0 Å². The zero-order valence-electron chi connectivity index (χ0n) is 21.0. The van der Waals surface area contributed by atoms with Crippen LogP contribution in [0.15, 0.2) is 53.4 Å². The third-order valence-corrected chi connectivity index (χ3v) is 9.54. The summed E-state index contributed by atoms with van der Waals surface area (Å²) in [6.45, 7) is 0.769. The first-order valence-electron chi connectivity index (χ1n) is 12.8. The molecular weight excluding hydrogens is 523 g/mol. The summed E-state index contributed by atoms with van der Waals surface area (Å²) in [4.78, 5) is 18.7. The first-order chi connectivity index (χ1) is 18.1. The Hall–Kier alpha value is -2.47. The van der Waals surface area contributed by atoms with E-state index in [2.05, 4.69) is 5.48 Å². The van der Waals surface area contributed by atoms with Crippen molar-refractivity contribution in [3.05, 3.63) is 54.1 Å². The number of alkyl halides is 3. The molecule has 2 aliphatic rings. The molecule has 1 amide bonds. The van der Waals surface area contributed by atoms with Crippen molar-refractivity contribution in [1.29, 1.82) is 0 Å². The standard InChI is InChI=1S/C27H32F3NO6S/c28-27(29,30)14-3-4-20-6-8-21(9-7-20)22-10-12-23(13-11-22)38(33,34)26(15-18-35-19-16-26)25(32)31-37-24-5-1-2-17-36-24/h6-13,24H,1-5,14-19H2,(H,31,32). The normalized spacial score (nSPS) is 20.1. The maximum atomic E-state index is 13.8. The molecule has 1 unspecified atom stereocenters. The van der Waals surface area contributed by atoms with Crippen molar-refractivity contribution in [2.24, 2.45) is 0 Å². The van der Waals surface area contributed by atoms with Crippen molar-refractivity contribution in [2.75, 3.05) is 19.8 Å². The van der Waals surface area contributed by atoms with E-state index in [1.807, 2.05) is 0 Å². The quantitative estimate of drug-likeness (QED) is 0.431. The second-order valence-electron chi connectivity index (χ2n) is 9.65. The van der Waals surface area contributed by atoms with Crippen molar-refractivity contribution in [3.8, 4) is 11.1 Å². The van der Waals surface area contributed by atoms with Gasteiger partial charge in [0.15, 0.2) is 20.9 Å². The highest BCUT2D eigenvalue weighted by Crippen LogP contribution is 2.36. The van der Waals surface area contributed by atoms with E-state index >= 15 is 0 Å². The number of amides is 1. The lowest BCUT2D eigenvalue weighted by atomic mass is 9.98. The Kier molecular flexibility index (Phi) is 9.12. The summed E-state index contributed by atoms with van der Waals surface area (Å²) in [5, 5.41) is 0. The Balaban J connectivity index is 1.47. The van der Waals surface area contributed by atoms with E-state index in [4.69, 9.17) is 14.3 Å². The summed E-state index contributed by atoms with van der Waals surface area (Å²) in [6.07, 6.45) is -2.85. The lowest BCUT2D eigenvalue weighted by Gasteiger charge is -2.35. The van der Waals surface area contributed by atoms with E-state index in [1.54, 1.807) is 36.4 Å². The molecule has 38 heavy (non-hydrogen) atoms. The third kappa shape index (κ3) is 6.74. The fourth-order valence-electron chi connectivity index (χ4n) is 4.74. The van der Waals surface area contributed by atoms with E-state index in [0.29, 0.717) is 19.4 Å². The van der Waals surface area contributed by atoms with Crippen LogP contribution in [0.3, 0.4) is 0 Å². The Morgan fingerprint density at radius 1 is 0.974 bits per heavy atom. The largest absolute Gasteiger partial charge is 0.389 e. The summed E-state index contributed by atoms with van der Waals surface area (Å²) in [6, 6.07) is 13.4. The number of halogens is 3. The number of hydrogen-bond donors (Lipinski definition) is 1. The molecule has 11 heteroatoms. The fraction of sp³-hybridized carbons (Fsp3) is 0.519. The van der Waals surface area contributed by atoms with Crippen LogP contribution in [0.25, 0.3) is 11.1 Å². The third-order valence-electron chi connectivity index (χ3n) is 7.03. The highest BCUT2D eigenvalue weighted by atomic mass is 32.2. The molecule has 2 fully saturated rings. The minimum Gasteiger partial charge on any atom is -0.381 e. The molecule has 1 atom stereocenters. The summed E-state index contributed by atoms with van der Waals surface area (Å²) >= 11 is 0. The van der Waals surface area contributed by atoms with Gasteiger partial charge >= 0.3 is 6.18 Å². The Morgan fingerprint density at radius 2 is 1.61 bits per heavy atom. The van der Waals surface area contributed by atoms with Crippen molar-refractivity contribution < 1.29 is 40.7 Å². The molecule has 2 aromatic rings. The van der Waals surface area contributed by atoms with Crippen LogP contribution in [-0.4, -0.2) is 51.4 Å². The summed E-state index contributed by atoms with van der Waals surface area (Å²) in [7, 11) is -4.11. The van der Waals surface area contributed by atoms with Gasteiger partial charge < -0.3 is 9.47 Å². The number of aryl methyl sites for hydroxylation is 1. The van der Waals surface area contributed by atoms with Gasteiger partial charge in [-0.1, -0.05) is 36.4 Å². The number of benzene rings is 2. The van der Waals surface area contributed by atoms with Crippen LogP contribution in [0, 0.1) is 0 Å². The van der Waals surface area contributed by atoms with Gasteiger partial charge in [0, 0.05) is 32.7 Å². The monoisotopic (exact) mass is 555 g/mol. The van der Waals surface area contributed by atoms with Gasteiger partial charge in [-0.2, -0.15) is 13.2 Å².